The van der Waals surface area contributed by atoms with Crippen molar-refractivity contribution in [3.63, 3.8) is 0 Å². The molecule has 0 radical (unpaired) electrons. The van der Waals surface area contributed by atoms with E-state index >= 15 is 0 Å². The summed E-state index contributed by atoms with van der Waals surface area (Å²) in [5.74, 6) is -1.77. The van der Waals surface area contributed by atoms with Crippen molar-refractivity contribution in [2.75, 3.05) is 0 Å². The Hall–Kier alpha value is -2.21. The highest BCUT2D eigenvalue weighted by atomic mass is 32.1. The van der Waals surface area contributed by atoms with E-state index in [1.807, 2.05) is 0 Å². The van der Waals surface area contributed by atoms with Crippen molar-refractivity contribution in [3.05, 3.63) is 34.8 Å². The van der Waals surface area contributed by atoms with Gasteiger partial charge in [0.15, 0.2) is 6.29 Å². The molecule has 2 N–H and O–H groups in total. The van der Waals surface area contributed by atoms with Gasteiger partial charge in [-0.15, -0.1) is 11.3 Å². The summed E-state index contributed by atoms with van der Waals surface area (Å²) < 4.78 is 0. The predicted molar refractivity (Wildman–Crippen MR) is 61.6 cm³/mol. The lowest BCUT2D eigenvalue weighted by Gasteiger charge is -2.01. The molecule has 0 aromatic carbocycles. The quantitative estimate of drug-likeness (QED) is 0.812. The number of hydrogen-bond acceptors (Lipinski definition) is 5. The minimum Gasteiger partial charge on any atom is -0.493 e. The third-order valence-corrected chi connectivity index (χ3v) is 3.18. The molecule has 0 aliphatic heterocycles. The van der Waals surface area contributed by atoms with Gasteiger partial charge in [0, 0.05) is 16.6 Å². The van der Waals surface area contributed by atoms with Gasteiger partial charge in [-0.2, -0.15) is 0 Å². The molecule has 0 aliphatic carbocycles. The second kappa shape index (κ2) is 4.34. The van der Waals surface area contributed by atoms with Crippen molar-refractivity contribution in [3.8, 4) is 16.3 Å². The first-order chi connectivity index (χ1) is 8.11. The fourth-order valence-electron chi connectivity index (χ4n) is 1.32. The van der Waals surface area contributed by atoms with Gasteiger partial charge in [0.2, 0.25) is 5.88 Å². The van der Waals surface area contributed by atoms with Gasteiger partial charge >= 0.3 is 5.97 Å². The number of hydrogen-bond donors (Lipinski definition) is 2. The molecule has 0 saturated carbocycles. The number of carbonyl (C=O) groups excluding carboxylic acids is 1. The molecule has 2 heterocycles. The molecule has 5 nitrogen and oxygen atoms in total. The summed E-state index contributed by atoms with van der Waals surface area (Å²) >= 11 is 1.23. The highest BCUT2D eigenvalue weighted by molar-refractivity contribution is 7.17. The standard InChI is InChI=1S/C11H7NO4S/c13-5-7-1-2-9(17-7)6-3-8(11(15)16)10(14)12-4-6/h1-5H,(H,12,14)(H,15,16). The van der Waals surface area contributed by atoms with E-state index < -0.39 is 11.8 Å². The second-order valence-corrected chi connectivity index (χ2v) is 4.34. The van der Waals surface area contributed by atoms with Crippen molar-refractivity contribution in [2.45, 2.75) is 0 Å². The van der Waals surface area contributed by atoms with E-state index in [0.29, 0.717) is 10.4 Å². The molecule has 0 unspecified atom stereocenters. The fraction of sp³-hybridized carbons (Fsp3) is 0. The van der Waals surface area contributed by atoms with Crippen LogP contribution in [0.5, 0.6) is 5.88 Å². The third-order valence-electron chi connectivity index (χ3n) is 2.12. The van der Waals surface area contributed by atoms with Gasteiger partial charge in [-0.1, -0.05) is 0 Å². The molecule has 0 amide bonds. The molecule has 0 saturated heterocycles. The van der Waals surface area contributed by atoms with E-state index in [1.54, 1.807) is 12.1 Å². The van der Waals surface area contributed by atoms with Gasteiger partial charge in [-0.3, -0.25) is 4.79 Å². The summed E-state index contributed by atoms with van der Waals surface area (Å²) in [5, 5.41) is 18.1. The van der Waals surface area contributed by atoms with Crippen molar-refractivity contribution >= 4 is 23.6 Å². The van der Waals surface area contributed by atoms with Crippen LogP contribution in [0.15, 0.2) is 24.4 Å². The second-order valence-electron chi connectivity index (χ2n) is 3.22. The van der Waals surface area contributed by atoms with Crippen molar-refractivity contribution < 1.29 is 19.8 Å². The normalized spacial score (nSPS) is 10.1. The van der Waals surface area contributed by atoms with Crippen LogP contribution in [0.25, 0.3) is 10.4 Å². The molecule has 0 spiro atoms. The molecule has 0 fully saturated rings. The van der Waals surface area contributed by atoms with Gasteiger partial charge in [0.1, 0.15) is 5.56 Å². The van der Waals surface area contributed by atoms with E-state index in [0.717, 1.165) is 11.2 Å². The maximum Gasteiger partial charge on any atom is 0.341 e. The van der Waals surface area contributed by atoms with Gasteiger partial charge in [-0.05, 0) is 18.2 Å². The summed E-state index contributed by atoms with van der Waals surface area (Å²) in [7, 11) is 0. The highest BCUT2D eigenvalue weighted by Crippen LogP contribution is 2.29. The maximum absolute atomic E-state index is 10.8. The predicted octanol–water partition coefficient (Wildman–Crippen LogP) is 2.03. The first-order valence-electron chi connectivity index (χ1n) is 4.59. The maximum atomic E-state index is 10.8. The molecular formula is C11H7NO4S. The van der Waals surface area contributed by atoms with Crippen LogP contribution in [0.2, 0.25) is 0 Å². The summed E-state index contributed by atoms with van der Waals surface area (Å²) in [6, 6.07) is 4.67. The Labute approximate surface area is 100.0 Å². The Morgan fingerprint density at radius 1 is 1.41 bits per heavy atom. The number of aldehydes is 1. The Kier molecular flexibility index (Phi) is 2.88. The number of carboxylic acids is 1. The first kappa shape index (κ1) is 11.3. The smallest absolute Gasteiger partial charge is 0.341 e. The molecule has 17 heavy (non-hydrogen) atoms. The zero-order valence-electron chi connectivity index (χ0n) is 8.45. The van der Waals surface area contributed by atoms with Crippen molar-refractivity contribution in [1.29, 1.82) is 0 Å². The number of carboxylic acid groups (broad SMARTS) is 1. The number of thiophene rings is 1. The molecule has 2 aromatic rings. The molecule has 2 rings (SSSR count). The van der Waals surface area contributed by atoms with E-state index in [2.05, 4.69) is 4.98 Å². The third kappa shape index (κ3) is 2.16. The molecule has 0 atom stereocenters. The van der Waals surface area contributed by atoms with Crippen molar-refractivity contribution in [1.82, 2.24) is 4.98 Å². The Bertz CT molecular complexity index is 591. The highest BCUT2D eigenvalue weighted by Gasteiger charge is 2.13. The number of nitrogens with zero attached hydrogens (tertiary/aromatic N) is 1. The summed E-state index contributed by atoms with van der Waals surface area (Å²) in [4.78, 5) is 26.2. The summed E-state index contributed by atoms with van der Waals surface area (Å²) in [6.07, 6.45) is 2.09. The van der Waals surface area contributed by atoms with Crippen LogP contribution in [0.3, 0.4) is 0 Å². The van der Waals surface area contributed by atoms with Gasteiger partial charge in [0.05, 0.1) is 4.88 Å². The topological polar surface area (TPSA) is 87.5 Å². The average Bonchev–Trinajstić information content (AvgIpc) is 2.78. The SMILES string of the molecule is O=Cc1ccc(-c2cnc(O)c(C(=O)O)c2)s1. The summed E-state index contributed by atoms with van der Waals surface area (Å²) in [5.41, 5.74) is 0.293. The van der Waals surface area contributed by atoms with Crippen LogP contribution < -0.4 is 0 Å². The number of aromatic nitrogens is 1. The zero-order valence-corrected chi connectivity index (χ0v) is 9.27. The van der Waals surface area contributed by atoms with E-state index in [9.17, 15) is 14.7 Å². The Morgan fingerprint density at radius 3 is 2.76 bits per heavy atom. The van der Waals surface area contributed by atoms with Gasteiger partial charge in [0.25, 0.3) is 0 Å². The van der Waals surface area contributed by atoms with E-state index in [4.69, 9.17) is 5.11 Å². The van der Waals surface area contributed by atoms with Gasteiger partial charge in [-0.25, -0.2) is 9.78 Å². The number of aromatic hydroxyl groups is 1. The van der Waals surface area contributed by atoms with E-state index in [-0.39, 0.29) is 5.56 Å². The lowest BCUT2D eigenvalue weighted by Crippen LogP contribution is -1.98. The lowest BCUT2D eigenvalue weighted by atomic mass is 10.1. The first-order valence-corrected chi connectivity index (χ1v) is 5.41. The molecule has 0 bridgehead atoms. The van der Waals surface area contributed by atoms with Crippen LogP contribution in [-0.2, 0) is 0 Å². The van der Waals surface area contributed by atoms with Crippen LogP contribution in [-0.4, -0.2) is 27.5 Å². The molecule has 6 heteroatoms. The van der Waals surface area contributed by atoms with Crippen LogP contribution >= 0.6 is 11.3 Å². The number of aromatic carboxylic acids is 1. The van der Waals surface area contributed by atoms with E-state index in [1.165, 1.54) is 23.6 Å². The van der Waals surface area contributed by atoms with Crippen LogP contribution in [0.4, 0.5) is 0 Å². The minimum atomic E-state index is -1.25. The minimum absolute atomic E-state index is 0.261. The van der Waals surface area contributed by atoms with Crippen LogP contribution in [0.1, 0.15) is 20.0 Å². The molecular weight excluding hydrogens is 242 g/mol. The summed E-state index contributed by atoms with van der Waals surface area (Å²) in [6.45, 7) is 0. The fourth-order valence-corrected chi connectivity index (χ4v) is 2.12. The number of rotatable bonds is 3. The number of pyridine rings is 1. The Balaban J connectivity index is 2.49. The van der Waals surface area contributed by atoms with Crippen LogP contribution in [0, 0.1) is 0 Å². The largest absolute Gasteiger partial charge is 0.493 e. The van der Waals surface area contributed by atoms with Gasteiger partial charge < -0.3 is 10.2 Å². The number of carbonyl (C=O) groups is 2. The Morgan fingerprint density at radius 2 is 2.18 bits per heavy atom. The average molecular weight is 249 g/mol. The molecule has 86 valence electrons. The molecule has 0 aliphatic rings. The molecule has 2 aromatic heterocycles. The monoisotopic (exact) mass is 249 g/mol. The lowest BCUT2D eigenvalue weighted by molar-refractivity contribution is 0.0692. The van der Waals surface area contributed by atoms with Crippen molar-refractivity contribution in [2.24, 2.45) is 0 Å². The zero-order chi connectivity index (χ0) is 12.4.